The molecule has 0 N–H and O–H groups in total. The zero-order valence-corrected chi connectivity index (χ0v) is 32.4. The maximum atomic E-state index is 14.2. The number of ether oxygens (including phenoxy) is 3. The molecule has 0 aliphatic carbocycles. The van der Waals surface area contributed by atoms with Gasteiger partial charge in [0.1, 0.15) is 41.1 Å². The molecule has 0 unspecified atom stereocenters. The Balaban J connectivity index is 0.00000497. The van der Waals surface area contributed by atoms with Gasteiger partial charge in [0, 0.05) is 80.2 Å². The number of aromatic nitrogens is 1. The van der Waals surface area contributed by atoms with Crippen molar-refractivity contribution in [2.24, 2.45) is 0 Å². The van der Waals surface area contributed by atoms with E-state index in [0.717, 1.165) is 30.2 Å². The number of methoxy groups -OCH3 is 2. The van der Waals surface area contributed by atoms with Crippen LogP contribution in [0.2, 0.25) is 0 Å². The number of carbonyl (C=O) groups is 1. The first kappa shape index (κ1) is 38.9. The van der Waals surface area contributed by atoms with E-state index in [4.69, 9.17) is 14.2 Å². The van der Waals surface area contributed by atoms with E-state index in [9.17, 15) is 18.4 Å². The van der Waals surface area contributed by atoms with Crippen molar-refractivity contribution in [1.29, 1.82) is 0 Å². The van der Waals surface area contributed by atoms with Gasteiger partial charge >= 0.3 is 0 Å². The Morgan fingerprint density at radius 2 is 1.44 bits per heavy atom. The molecule has 9 nitrogen and oxygen atoms in total. The monoisotopic (exact) mass is 802 g/mol. The van der Waals surface area contributed by atoms with Crippen molar-refractivity contribution in [2.75, 3.05) is 71.5 Å². The van der Waals surface area contributed by atoms with Crippen LogP contribution in [0.4, 0.5) is 14.5 Å². The number of quaternary nitrogens is 1. The molecule has 3 saturated heterocycles. The normalized spacial score (nSPS) is 17.5. The van der Waals surface area contributed by atoms with E-state index < -0.39 is 23.0 Å². The Morgan fingerprint density at radius 3 is 2.06 bits per heavy atom. The first-order chi connectivity index (χ1) is 25.7. The molecule has 54 heavy (non-hydrogen) atoms. The highest BCUT2D eigenvalue weighted by Gasteiger charge is 2.37. The smallest absolute Gasteiger partial charge is 0.263 e. The van der Waals surface area contributed by atoms with Crippen molar-refractivity contribution in [3.05, 3.63) is 124 Å². The molecule has 3 fully saturated rings. The number of pyridine rings is 1. The number of rotatable bonds is 13. The number of anilines is 1. The molecule has 0 saturated carbocycles. The highest BCUT2D eigenvalue weighted by atomic mass is 79.9. The Kier molecular flexibility index (Phi) is 12.0. The van der Waals surface area contributed by atoms with Gasteiger partial charge in [0.05, 0.1) is 51.6 Å². The molecule has 0 spiro atoms. The number of fused-ring (bicyclic) bond motifs is 4. The number of hydrogen-bond acceptors (Lipinski definition) is 6. The van der Waals surface area contributed by atoms with Crippen LogP contribution in [0.15, 0.2) is 89.9 Å². The van der Waals surface area contributed by atoms with Crippen LogP contribution in [0.1, 0.15) is 34.8 Å². The summed E-state index contributed by atoms with van der Waals surface area (Å²) in [5, 5.41) is 0.257. The lowest BCUT2D eigenvalue weighted by Crippen LogP contribution is -3.00. The Bertz CT molecular complexity index is 2130. The van der Waals surface area contributed by atoms with Crippen molar-refractivity contribution in [1.82, 2.24) is 9.47 Å². The van der Waals surface area contributed by atoms with Gasteiger partial charge in [-0.2, -0.15) is 0 Å². The molecule has 4 aromatic carbocycles. The summed E-state index contributed by atoms with van der Waals surface area (Å²) < 4.78 is 48.6. The third-order valence-corrected chi connectivity index (χ3v) is 10.7. The second-order valence-electron chi connectivity index (χ2n) is 14.0. The fourth-order valence-corrected chi connectivity index (χ4v) is 7.63. The van der Waals surface area contributed by atoms with Gasteiger partial charge in [0.25, 0.3) is 5.91 Å². The molecule has 4 heterocycles. The lowest BCUT2D eigenvalue weighted by molar-refractivity contribution is -0.941. The van der Waals surface area contributed by atoms with E-state index in [1.165, 1.54) is 87.6 Å². The number of piperazine rings is 3. The van der Waals surface area contributed by atoms with Gasteiger partial charge < -0.3 is 45.1 Å². The van der Waals surface area contributed by atoms with E-state index in [1.54, 1.807) is 47.9 Å². The molecule has 5 aromatic rings. The molecule has 284 valence electrons. The van der Waals surface area contributed by atoms with Gasteiger partial charge in [-0.15, -0.1) is 0 Å². The van der Waals surface area contributed by atoms with E-state index in [-0.39, 0.29) is 40.2 Å². The van der Waals surface area contributed by atoms with E-state index in [0.29, 0.717) is 35.1 Å². The molecular formula is C42H45BrF2N4O5. The van der Waals surface area contributed by atoms with Gasteiger partial charge in [-0.3, -0.25) is 14.5 Å². The maximum Gasteiger partial charge on any atom is 0.263 e. The van der Waals surface area contributed by atoms with Gasteiger partial charge in [0.15, 0.2) is 0 Å². The van der Waals surface area contributed by atoms with Crippen LogP contribution in [0.5, 0.6) is 17.2 Å². The Morgan fingerprint density at radius 1 is 0.815 bits per heavy atom. The average molecular weight is 804 g/mol. The predicted molar refractivity (Wildman–Crippen MR) is 202 cm³/mol. The highest BCUT2D eigenvalue weighted by Crippen LogP contribution is 2.30. The molecule has 0 radical (unpaired) electrons. The number of carbonyl (C=O) groups excluding carboxylic acids is 1. The van der Waals surface area contributed by atoms with Crippen LogP contribution in [0, 0.1) is 11.6 Å². The van der Waals surface area contributed by atoms with E-state index >= 15 is 0 Å². The molecule has 8 rings (SSSR count). The fourth-order valence-electron chi connectivity index (χ4n) is 7.63. The molecule has 2 bridgehead atoms. The summed E-state index contributed by atoms with van der Waals surface area (Å²) in [4.78, 5) is 31.8. The van der Waals surface area contributed by atoms with E-state index in [2.05, 4.69) is 29.2 Å². The second kappa shape index (κ2) is 16.7. The number of aryl methyl sites for hydroxylation is 1. The first-order valence-electron chi connectivity index (χ1n) is 18.2. The van der Waals surface area contributed by atoms with Gasteiger partial charge in [-0.25, -0.2) is 8.78 Å². The number of hydrogen-bond donors (Lipinski definition) is 0. The quantitative estimate of drug-likeness (QED) is 0.170. The van der Waals surface area contributed by atoms with Crippen LogP contribution >= 0.6 is 0 Å². The van der Waals surface area contributed by atoms with E-state index in [1.807, 2.05) is 0 Å². The highest BCUT2D eigenvalue weighted by molar-refractivity contribution is 6.07. The number of nitrogens with zero attached hydrogens (tertiary/aromatic N) is 4. The summed E-state index contributed by atoms with van der Waals surface area (Å²) in [5.41, 5.74) is 2.68. The fraction of sp³-hybridized carbons (Fsp3) is 0.333. The van der Waals surface area contributed by atoms with Gasteiger partial charge in [-0.05, 0) is 48.7 Å². The summed E-state index contributed by atoms with van der Waals surface area (Å²) in [7, 11) is 3.07. The zero-order valence-electron chi connectivity index (χ0n) is 30.8. The number of amides is 1. The molecular weight excluding hydrogens is 758 g/mol. The average Bonchev–Trinajstić information content (AvgIpc) is 3.18. The first-order valence-corrected chi connectivity index (χ1v) is 18.2. The summed E-state index contributed by atoms with van der Waals surface area (Å²) in [5.74, 6) is -0.831. The molecule has 0 atom stereocenters. The van der Waals surface area contributed by atoms with Crippen LogP contribution in [-0.2, 0) is 13.0 Å². The SMILES string of the molecule is CCN(C(=O)c1cn(-c2cc(OC)cc(OC)c2)c2cc(OCc3ccc(CCC[N+]45CCN(CC4)CC5)cc3)ccc2c1=O)c1cc(F)cc(F)c1.[Br-]. The summed E-state index contributed by atoms with van der Waals surface area (Å²) in [6.45, 7) is 10.9. The third kappa shape index (κ3) is 8.30. The van der Waals surface area contributed by atoms with Crippen LogP contribution in [-0.4, -0.2) is 86.4 Å². The summed E-state index contributed by atoms with van der Waals surface area (Å²) in [6, 6.07) is 21.7. The molecule has 12 heteroatoms. The topological polar surface area (TPSA) is 73.2 Å². The van der Waals surface area contributed by atoms with Crippen molar-refractivity contribution in [3.63, 3.8) is 0 Å². The van der Waals surface area contributed by atoms with Crippen LogP contribution < -0.4 is 41.5 Å². The van der Waals surface area contributed by atoms with Crippen LogP contribution in [0.3, 0.4) is 0 Å². The minimum absolute atomic E-state index is 0. The molecule has 3 aliphatic heterocycles. The van der Waals surface area contributed by atoms with Crippen molar-refractivity contribution in [2.45, 2.75) is 26.4 Å². The lowest BCUT2D eigenvalue weighted by Gasteiger charge is -2.50. The number of halogens is 3. The summed E-state index contributed by atoms with van der Waals surface area (Å²) in [6.07, 6.45) is 3.68. The van der Waals surface area contributed by atoms with Gasteiger partial charge in [-0.1, -0.05) is 24.3 Å². The summed E-state index contributed by atoms with van der Waals surface area (Å²) >= 11 is 0. The number of benzene rings is 4. The molecule has 1 amide bonds. The minimum Gasteiger partial charge on any atom is -1.00 e. The van der Waals surface area contributed by atoms with Crippen molar-refractivity contribution >= 4 is 22.5 Å². The van der Waals surface area contributed by atoms with Crippen LogP contribution in [0.25, 0.3) is 16.6 Å². The maximum absolute atomic E-state index is 14.2. The molecule has 1 aromatic heterocycles. The largest absolute Gasteiger partial charge is 1.00 e. The van der Waals surface area contributed by atoms with Gasteiger partial charge in [0.2, 0.25) is 5.43 Å². The zero-order chi connectivity index (χ0) is 37.1. The molecule has 3 aliphatic rings. The third-order valence-electron chi connectivity index (χ3n) is 10.7. The standard InChI is InChI=1S/C42H45F2N4O5.BrH/c1-4-46(33-21-31(43)20-32(44)22-33)42(50)39-27-47(34-23-36(51-2)25-37(24-34)52-3)40-26-35(11-12-38(40)41(39)49)53-28-30-9-7-29(8-10-30)6-5-16-48-17-13-45(14-18-48)15-19-48;/h7-12,20-27H,4-6,13-19,28H2,1-3H3;1H/q+1;/p-1. The second-order valence-corrected chi connectivity index (χ2v) is 14.0. The van der Waals surface area contributed by atoms with Crippen molar-refractivity contribution < 1.29 is 49.3 Å². The Labute approximate surface area is 324 Å². The Hall–Kier alpha value is -4.78. The van der Waals surface area contributed by atoms with Crippen molar-refractivity contribution in [3.8, 4) is 22.9 Å². The lowest BCUT2D eigenvalue weighted by atomic mass is 10.1. The minimum atomic E-state index is -0.830. The predicted octanol–water partition coefficient (Wildman–Crippen LogP) is 3.61.